The van der Waals surface area contributed by atoms with E-state index in [1.807, 2.05) is 6.92 Å². The Morgan fingerprint density at radius 3 is 1.73 bits per heavy atom. The summed E-state index contributed by atoms with van der Waals surface area (Å²) in [6.45, 7) is 9.35. The summed E-state index contributed by atoms with van der Waals surface area (Å²) in [5, 5.41) is 30.7. The van der Waals surface area contributed by atoms with Crippen molar-refractivity contribution in [3.63, 3.8) is 0 Å². The van der Waals surface area contributed by atoms with Crippen molar-refractivity contribution in [3.8, 4) is 0 Å². The second-order valence-electron chi connectivity index (χ2n) is 10.5. The minimum atomic E-state index is -1.24. The molecule has 0 heterocycles. The molecule has 0 aliphatic carbocycles. The molecule has 0 spiro atoms. The van der Waals surface area contributed by atoms with Gasteiger partial charge in [0.05, 0.1) is 6.61 Å². The zero-order valence-corrected chi connectivity index (χ0v) is 24.9. The molecule has 0 saturated heterocycles. The van der Waals surface area contributed by atoms with Crippen molar-refractivity contribution in [2.24, 2.45) is 23.3 Å². The van der Waals surface area contributed by atoms with Crippen molar-refractivity contribution >= 4 is 35.5 Å². The number of unbranched alkanes of at least 4 members (excludes halogenated alkanes) is 1. The minimum absolute atomic E-state index is 0.199. The lowest BCUT2D eigenvalue weighted by Gasteiger charge is -2.29. The van der Waals surface area contributed by atoms with Gasteiger partial charge in [0.15, 0.2) is 0 Å². The number of aliphatic carboxylic acids is 1. The Kier molecular flexibility index (Phi) is 17.4. The highest BCUT2D eigenvalue weighted by molar-refractivity contribution is 5.96. The first-order chi connectivity index (χ1) is 19.1. The van der Waals surface area contributed by atoms with Crippen LogP contribution in [0.5, 0.6) is 0 Å². The highest BCUT2D eigenvalue weighted by Gasteiger charge is 2.33. The molecule has 0 saturated carbocycles. The second-order valence-corrected chi connectivity index (χ2v) is 10.5. The first-order valence-electron chi connectivity index (χ1n) is 13.9. The summed E-state index contributed by atoms with van der Waals surface area (Å²) in [5.41, 5.74) is 11.2. The molecule has 5 amide bonds. The third kappa shape index (κ3) is 13.3. The number of hydrogen-bond donors (Lipinski definition) is 9. The van der Waals surface area contributed by atoms with Gasteiger partial charge in [-0.2, -0.15) is 0 Å². The number of aliphatic hydroxyl groups is 1. The zero-order chi connectivity index (χ0) is 31.9. The fourth-order valence-corrected chi connectivity index (χ4v) is 3.63. The smallest absolute Gasteiger partial charge is 0.325 e. The molecule has 0 aromatic rings. The average Bonchev–Trinajstić information content (AvgIpc) is 2.92. The lowest BCUT2D eigenvalue weighted by Crippen LogP contribution is -2.60. The first-order valence-corrected chi connectivity index (χ1v) is 13.9. The number of nitrogens with one attached hydrogen (secondary N) is 5. The summed E-state index contributed by atoms with van der Waals surface area (Å²) in [6.07, 6.45) is 1.78. The van der Waals surface area contributed by atoms with E-state index in [0.29, 0.717) is 25.8 Å². The second kappa shape index (κ2) is 18.9. The molecule has 0 bridgehead atoms. The van der Waals surface area contributed by atoms with Crippen LogP contribution >= 0.6 is 0 Å². The SMILES string of the molecule is CC[C@H](C)[C@H](NC(=O)[C@@H](N)CO)C(=O)N[C@@H](CCCCN)C(=O)N[C@H](C(=O)N[C@@H](C)C(=O)N[C@@H](C)C(=O)O)C(C)C. The lowest BCUT2D eigenvalue weighted by molar-refractivity contribution is -0.141. The third-order valence-corrected chi connectivity index (χ3v) is 6.63. The van der Waals surface area contributed by atoms with Crippen LogP contribution in [0.2, 0.25) is 0 Å². The monoisotopic (exact) mass is 587 g/mol. The summed E-state index contributed by atoms with van der Waals surface area (Å²) in [5.74, 6) is -5.37. The molecule has 0 radical (unpaired) electrons. The third-order valence-electron chi connectivity index (χ3n) is 6.63. The van der Waals surface area contributed by atoms with E-state index in [-0.39, 0.29) is 12.3 Å². The minimum Gasteiger partial charge on any atom is -0.480 e. The molecule has 0 fully saturated rings. The van der Waals surface area contributed by atoms with Crippen LogP contribution in [0.15, 0.2) is 0 Å². The van der Waals surface area contributed by atoms with Crippen molar-refractivity contribution in [2.75, 3.05) is 13.2 Å². The van der Waals surface area contributed by atoms with E-state index in [0.717, 1.165) is 0 Å². The van der Waals surface area contributed by atoms with E-state index in [1.165, 1.54) is 13.8 Å². The predicted molar refractivity (Wildman–Crippen MR) is 151 cm³/mol. The van der Waals surface area contributed by atoms with Crippen LogP contribution in [0.4, 0.5) is 0 Å². The average molecular weight is 588 g/mol. The maximum Gasteiger partial charge on any atom is 0.325 e. The van der Waals surface area contributed by atoms with Crippen molar-refractivity contribution in [1.29, 1.82) is 0 Å². The summed E-state index contributed by atoms with van der Waals surface area (Å²) >= 11 is 0. The van der Waals surface area contributed by atoms with Crippen LogP contribution in [-0.4, -0.2) is 95.1 Å². The highest BCUT2D eigenvalue weighted by atomic mass is 16.4. The number of rotatable bonds is 19. The van der Waals surface area contributed by atoms with E-state index in [4.69, 9.17) is 16.6 Å². The van der Waals surface area contributed by atoms with Gasteiger partial charge in [-0.15, -0.1) is 0 Å². The Labute approximate surface area is 241 Å². The van der Waals surface area contributed by atoms with Crippen molar-refractivity contribution in [1.82, 2.24) is 26.6 Å². The molecule has 41 heavy (non-hydrogen) atoms. The quantitative estimate of drug-likeness (QED) is 0.0729. The van der Waals surface area contributed by atoms with Gasteiger partial charge in [-0.25, -0.2) is 0 Å². The maximum atomic E-state index is 13.3. The number of amides is 5. The summed E-state index contributed by atoms with van der Waals surface area (Å²) in [7, 11) is 0. The van der Waals surface area contributed by atoms with Crippen LogP contribution in [0.25, 0.3) is 0 Å². The fourth-order valence-electron chi connectivity index (χ4n) is 3.63. The molecule has 0 aromatic heterocycles. The van der Waals surface area contributed by atoms with Gasteiger partial charge in [-0.05, 0) is 51.5 Å². The molecule has 15 nitrogen and oxygen atoms in total. The van der Waals surface area contributed by atoms with Gasteiger partial charge in [-0.1, -0.05) is 34.1 Å². The van der Waals surface area contributed by atoms with Crippen LogP contribution in [0, 0.1) is 11.8 Å². The Hall–Kier alpha value is -3.30. The van der Waals surface area contributed by atoms with Gasteiger partial charge in [0, 0.05) is 0 Å². The summed E-state index contributed by atoms with van der Waals surface area (Å²) in [6, 6.07) is -6.67. The maximum absolute atomic E-state index is 13.3. The van der Waals surface area contributed by atoms with E-state index in [2.05, 4.69) is 26.6 Å². The van der Waals surface area contributed by atoms with Crippen LogP contribution in [-0.2, 0) is 28.8 Å². The van der Waals surface area contributed by atoms with Crippen LogP contribution in [0.1, 0.15) is 67.2 Å². The molecule has 0 aromatic carbocycles. The number of carbonyl (C=O) groups excluding carboxylic acids is 5. The molecule has 7 atom stereocenters. The van der Waals surface area contributed by atoms with Gasteiger partial charge in [0.1, 0.15) is 36.3 Å². The molecule has 11 N–H and O–H groups in total. The van der Waals surface area contributed by atoms with E-state index < -0.39 is 84.3 Å². The highest BCUT2D eigenvalue weighted by Crippen LogP contribution is 2.11. The largest absolute Gasteiger partial charge is 0.480 e. The Bertz CT molecular complexity index is 901. The topological polar surface area (TPSA) is 255 Å². The molecule has 0 aliphatic heterocycles. The van der Waals surface area contributed by atoms with Gasteiger partial charge < -0.3 is 48.3 Å². The Morgan fingerprint density at radius 2 is 1.24 bits per heavy atom. The van der Waals surface area contributed by atoms with Gasteiger partial charge in [0.2, 0.25) is 29.5 Å². The molecular weight excluding hydrogens is 538 g/mol. The molecule has 236 valence electrons. The van der Waals surface area contributed by atoms with Gasteiger partial charge >= 0.3 is 5.97 Å². The standard InChI is InChI=1S/C26H49N7O8/c1-7-14(4)20(33-22(36)17(28)12-34)25(39)31-18(10-8-9-11-27)23(37)32-19(13(2)3)24(38)29-15(5)21(35)30-16(6)26(40)41/h13-20,34H,7-12,27-28H2,1-6H3,(H,29,38)(H,30,35)(H,31,39)(H,32,37)(H,33,36)(H,40,41)/t14-,15-,16-,17-,18-,19-,20-/m0/s1. The molecule has 15 heteroatoms. The number of aliphatic hydroxyl groups excluding tert-OH is 1. The van der Waals surface area contributed by atoms with E-state index in [9.17, 15) is 33.9 Å². The molecule has 0 aliphatic rings. The zero-order valence-electron chi connectivity index (χ0n) is 24.9. The van der Waals surface area contributed by atoms with Crippen LogP contribution < -0.4 is 38.1 Å². The van der Waals surface area contributed by atoms with Crippen molar-refractivity contribution < 1.29 is 39.0 Å². The summed E-state index contributed by atoms with van der Waals surface area (Å²) in [4.78, 5) is 75.2. The number of hydrogen-bond acceptors (Lipinski definition) is 9. The van der Waals surface area contributed by atoms with E-state index in [1.54, 1.807) is 20.8 Å². The Morgan fingerprint density at radius 1 is 0.707 bits per heavy atom. The number of carboxylic acids is 1. The number of nitrogens with two attached hydrogens (primary N) is 2. The fraction of sp³-hybridized carbons (Fsp3) is 0.769. The molecule has 0 rings (SSSR count). The lowest BCUT2D eigenvalue weighted by atomic mass is 9.96. The van der Waals surface area contributed by atoms with Crippen LogP contribution in [0.3, 0.4) is 0 Å². The summed E-state index contributed by atoms with van der Waals surface area (Å²) < 4.78 is 0. The number of carboxylic acid groups (broad SMARTS) is 1. The molecule has 0 unspecified atom stereocenters. The normalized spacial score (nSPS) is 16.2. The van der Waals surface area contributed by atoms with Crippen molar-refractivity contribution in [2.45, 2.75) is 103 Å². The number of carbonyl (C=O) groups is 6. The van der Waals surface area contributed by atoms with Crippen molar-refractivity contribution in [3.05, 3.63) is 0 Å². The van der Waals surface area contributed by atoms with E-state index >= 15 is 0 Å². The first kappa shape index (κ1) is 37.7. The Balaban J connectivity index is 5.74. The van der Waals surface area contributed by atoms with Gasteiger partial charge in [0.25, 0.3) is 0 Å². The molecular formula is C26H49N7O8. The van der Waals surface area contributed by atoms with Gasteiger partial charge in [-0.3, -0.25) is 28.8 Å². The predicted octanol–water partition coefficient (Wildman–Crippen LogP) is -2.31.